The Kier molecular flexibility index (Phi) is 11.4. The van der Waals surface area contributed by atoms with Crippen LogP contribution in [-0.2, 0) is 6.42 Å². The number of rotatable bonds is 18. The van der Waals surface area contributed by atoms with Gasteiger partial charge in [0.05, 0.1) is 28.2 Å². The lowest BCUT2D eigenvalue weighted by molar-refractivity contribution is 0.551. The predicted molar refractivity (Wildman–Crippen MR) is 168 cm³/mol. The molecule has 0 saturated heterocycles. The number of thiophene rings is 4. The Hall–Kier alpha value is -0.420. The van der Waals surface area contributed by atoms with Gasteiger partial charge in [-0.3, -0.25) is 0 Å². The van der Waals surface area contributed by atoms with Gasteiger partial charge >= 0.3 is 0 Å². The normalized spacial score (nSPS) is 13.1. The molecule has 0 aliphatic rings. The fourth-order valence-corrected chi connectivity index (χ4v) is 11.3. The Morgan fingerprint density at radius 3 is 1.71 bits per heavy atom. The zero-order chi connectivity index (χ0) is 24.5. The minimum absolute atomic E-state index is 0.698. The first kappa shape index (κ1) is 27.6. The van der Waals surface area contributed by atoms with Gasteiger partial charge in [0, 0.05) is 0 Å². The maximum absolute atomic E-state index is 2.49. The van der Waals surface area contributed by atoms with Gasteiger partial charge in [0.2, 0.25) is 0 Å². The van der Waals surface area contributed by atoms with Crippen molar-refractivity contribution in [1.29, 1.82) is 0 Å². The van der Waals surface area contributed by atoms with Crippen molar-refractivity contribution in [3.05, 3.63) is 21.9 Å². The van der Waals surface area contributed by atoms with Crippen molar-refractivity contribution in [2.75, 3.05) is 0 Å². The number of unbranched alkanes of at least 4 members (excludes halogenated alkanes) is 13. The van der Waals surface area contributed by atoms with Crippen LogP contribution in [0.1, 0.15) is 141 Å². The lowest BCUT2D eigenvalue weighted by Gasteiger charge is -2.09. The second kappa shape index (κ2) is 14.5. The molecule has 0 nitrogen and oxygen atoms in total. The molecule has 194 valence electrons. The van der Waals surface area contributed by atoms with Crippen LogP contribution in [0.3, 0.4) is 0 Å². The molecule has 0 N–H and O–H groups in total. The van der Waals surface area contributed by atoms with Crippen molar-refractivity contribution in [3.63, 3.8) is 0 Å². The minimum Gasteiger partial charge on any atom is -0.141 e. The number of fused-ring (bicyclic) bond motifs is 5. The molecule has 0 bridgehead atoms. The second-order valence-electron chi connectivity index (χ2n) is 10.7. The molecule has 4 heteroatoms. The minimum atomic E-state index is 0.698. The Morgan fingerprint density at radius 2 is 1.06 bits per heavy atom. The van der Waals surface area contributed by atoms with E-state index in [1.54, 1.807) is 39.3 Å². The largest absolute Gasteiger partial charge is 0.141 e. The summed E-state index contributed by atoms with van der Waals surface area (Å²) in [5.74, 6) is 0.698. The zero-order valence-electron chi connectivity index (χ0n) is 22.4. The van der Waals surface area contributed by atoms with Gasteiger partial charge in [0.1, 0.15) is 0 Å². The maximum atomic E-state index is 2.49. The third-order valence-electron chi connectivity index (χ3n) is 7.69. The average molecular weight is 547 g/mol. The van der Waals surface area contributed by atoms with E-state index in [0.717, 1.165) is 0 Å². The standard InChI is InChI=1S/C31H46S4/c1-4-6-8-10-12-14-16-18-20-24-21-32-28-26(24)34-31-29-27(35-30(28)31)25(22-33-29)23(3)19-17-15-13-11-9-7-5-2/h21-23H,4-20H2,1-3H3. The van der Waals surface area contributed by atoms with E-state index < -0.39 is 0 Å². The molecule has 1 unspecified atom stereocenters. The van der Waals surface area contributed by atoms with E-state index in [4.69, 9.17) is 0 Å². The Morgan fingerprint density at radius 1 is 0.543 bits per heavy atom. The first-order valence-corrected chi connectivity index (χ1v) is 18.0. The summed E-state index contributed by atoms with van der Waals surface area (Å²) >= 11 is 8.22. The monoisotopic (exact) mass is 546 g/mol. The van der Waals surface area contributed by atoms with Crippen LogP contribution in [0.2, 0.25) is 0 Å². The molecule has 0 amide bonds. The summed E-state index contributed by atoms with van der Waals surface area (Å²) < 4.78 is 9.54. The van der Waals surface area contributed by atoms with Gasteiger partial charge in [-0.05, 0) is 47.1 Å². The number of hydrogen-bond donors (Lipinski definition) is 0. The van der Waals surface area contributed by atoms with Crippen LogP contribution in [0.25, 0.3) is 28.2 Å². The lowest BCUT2D eigenvalue weighted by atomic mass is 9.96. The van der Waals surface area contributed by atoms with Crippen LogP contribution in [0.5, 0.6) is 0 Å². The van der Waals surface area contributed by atoms with Gasteiger partial charge < -0.3 is 0 Å². The van der Waals surface area contributed by atoms with E-state index in [1.165, 1.54) is 109 Å². The van der Waals surface area contributed by atoms with E-state index >= 15 is 0 Å². The van der Waals surface area contributed by atoms with E-state index in [9.17, 15) is 0 Å². The second-order valence-corrected chi connectivity index (χ2v) is 14.5. The first-order chi connectivity index (χ1) is 17.2. The highest BCUT2D eigenvalue weighted by atomic mass is 32.1. The van der Waals surface area contributed by atoms with Gasteiger partial charge in [-0.15, -0.1) is 45.3 Å². The molecule has 0 aromatic carbocycles. The van der Waals surface area contributed by atoms with E-state index in [1.807, 2.05) is 22.7 Å². The maximum Gasteiger partial charge on any atom is 0.0650 e. The van der Waals surface area contributed by atoms with Gasteiger partial charge in [-0.2, -0.15) is 0 Å². The average Bonchev–Trinajstić information content (AvgIpc) is 3.60. The third kappa shape index (κ3) is 7.12. The van der Waals surface area contributed by atoms with E-state index in [-0.39, 0.29) is 0 Å². The SMILES string of the molecule is CCCCCCCCCCc1csc2c1sc1c3scc(C(C)CCCCCCCCC)c3sc21. The summed E-state index contributed by atoms with van der Waals surface area (Å²) in [6, 6.07) is 0. The predicted octanol–water partition coefficient (Wildman–Crippen LogP) is 13.3. The summed E-state index contributed by atoms with van der Waals surface area (Å²) in [4.78, 5) is 0. The molecule has 1 atom stereocenters. The summed E-state index contributed by atoms with van der Waals surface area (Å²) in [7, 11) is 0. The summed E-state index contributed by atoms with van der Waals surface area (Å²) in [6.07, 6.45) is 23.7. The van der Waals surface area contributed by atoms with Crippen molar-refractivity contribution in [2.45, 2.75) is 136 Å². The van der Waals surface area contributed by atoms with Crippen molar-refractivity contribution in [3.8, 4) is 0 Å². The Bertz CT molecular complexity index is 1140. The summed E-state index contributed by atoms with van der Waals surface area (Å²) in [6.45, 7) is 7.07. The molecule has 0 aliphatic heterocycles. The zero-order valence-corrected chi connectivity index (χ0v) is 25.7. The van der Waals surface area contributed by atoms with Crippen molar-refractivity contribution in [1.82, 2.24) is 0 Å². The van der Waals surface area contributed by atoms with Gasteiger partial charge in [-0.1, -0.05) is 111 Å². The van der Waals surface area contributed by atoms with Crippen LogP contribution in [-0.4, -0.2) is 0 Å². The smallest absolute Gasteiger partial charge is 0.0650 e. The van der Waals surface area contributed by atoms with Crippen LogP contribution >= 0.6 is 45.3 Å². The van der Waals surface area contributed by atoms with Crippen molar-refractivity contribution in [2.24, 2.45) is 0 Å². The molecule has 0 fully saturated rings. The Balaban J connectivity index is 1.32. The molecule has 0 aliphatic carbocycles. The van der Waals surface area contributed by atoms with Gasteiger partial charge in [0.15, 0.2) is 0 Å². The highest BCUT2D eigenvalue weighted by Crippen LogP contribution is 2.51. The van der Waals surface area contributed by atoms with Crippen LogP contribution < -0.4 is 0 Å². The topological polar surface area (TPSA) is 0 Å². The molecule has 35 heavy (non-hydrogen) atoms. The molecule has 0 spiro atoms. The van der Waals surface area contributed by atoms with Gasteiger partial charge in [-0.25, -0.2) is 0 Å². The summed E-state index contributed by atoms with van der Waals surface area (Å²) in [5.41, 5.74) is 3.26. The van der Waals surface area contributed by atoms with Gasteiger partial charge in [0.25, 0.3) is 0 Å². The molecule has 4 aromatic rings. The molecule has 0 radical (unpaired) electrons. The molecule has 4 heterocycles. The molecular weight excluding hydrogens is 501 g/mol. The van der Waals surface area contributed by atoms with Crippen LogP contribution in [0, 0.1) is 0 Å². The number of hydrogen-bond acceptors (Lipinski definition) is 4. The highest BCUT2D eigenvalue weighted by molar-refractivity contribution is 7.44. The van der Waals surface area contributed by atoms with E-state index in [2.05, 4.69) is 54.2 Å². The van der Waals surface area contributed by atoms with Crippen molar-refractivity contribution < 1.29 is 0 Å². The lowest BCUT2D eigenvalue weighted by Crippen LogP contribution is -1.92. The first-order valence-electron chi connectivity index (χ1n) is 14.6. The molecular formula is C31H46S4. The fraction of sp³-hybridized carbons (Fsp3) is 0.677. The molecule has 4 rings (SSSR count). The Labute approximate surface area is 230 Å². The number of aryl methyl sites for hydroxylation is 1. The van der Waals surface area contributed by atoms with Crippen LogP contribution in [0.15, 0.2) is 10.8 Å². The fourth-order valence-electron chi connectivity index (χ4n) is 5.39. The molecule has 4 aromatic heterocycles. The summed E-state index contributed by atoms with van der Waals surface area (Å²) in [5, 5.41) is 4.96. The third-order valence-corrected chi connectivity index (χ3v) is 12.9. The molecule has 0 saturated carbocycles. The van der Waals surface area contributed by atoms with E-state index in [0.29, 0.717) is 5.92 Å². The van der Waals surface area contributed by atoms with Crippen LogP contribution in [0.4, 0.5) is 0 Å². The highest BCUT2D eigenvalue weighted by Gasteiger charge is 2.21. The quantitative estimate of drug-likeness (QED) is 0.109. The van der Waals surface area contributed by atoms with Crippen molar-refractivity contribution >= 4 is 73.5 Å².